The largest absolute Gasteiger partial charge is 0.387 e. The van der Waals surface area contributed by atoms with Crippen LogP contribution in [-0.2, 0) is 0 Å². The second-order valence-corrected chi connectivity index (χ2v) is 4.78. The Morgan fingerprint density at radius 1 is 1.29 bits per heavy atom. The maximum atomic E-state index is 10.1. The van der Waals surface area contributed by atoms with Crippen molar-refractivity contribution in [1.29, 1.82) is 0 Å². The molecule has 0 fully saturated rings. The smallest absolute Gasteiger partial charge is 0.0909 e. The zero-order valence-electron chi connectivity index (χ0n) is 9.07. The molecule has 0 bridgehead atoms. The van der Waals surface area contributed by atoms with Gasteiger partial charge in [0.2, 0.25) is 0 Å². The van der Waals surface area contributed by atoms with Gasteiger partial charge >= 0.3 is 0 Å². The third-order valence-electron chi connectivity index (χ3n) is 2.60. The second kappa shape index (κ2) is 6.20. The molecule has 80 valence electrons. The molecule has 0 amide bonds. The minimum Gasteiger partial charge on any atom is -0.387 e. The molecule has 0 aliphatic carbocycles. The van der Waals surface area contributed by atoms with E-state index in [1.165, 1.54) is 0 Å². The van der Waals surface area contributed by atoms with Crippen molar-refractivity contribution in [3.8, 4) is 0 Å². The van der Waals surface area contributed by atoms with Crippen LogP contribution in [0, 0.1) is 5.92 Å². The SMILES string of the molecule is CCCC(CCC)C(O)c1cccs1. The zero-order valence-corrected chi connectivity index (χ0v) is 9.89. The maximum Gasteiger partial charge on any atom is 0.0909 e. The van der Waals surface area contributed by atoms with Crippen molar-refractivity contribution in [2.75, 3.05) is 0 Å². The van der Waals surface area contributed by atoms with Crippen LogP contribution in [-0.4, -0.2) is 5.11 Å². The maximum absolute atomic E-state index is 10.1. The average Bonchev–Trinajstić information content (AvgIpc) is 2.69. The van der Waals surface area contributed by atoms with Crippen molar-refractivity contribution < 1.29 is 5.11 Å². The summed E-state index contributed by atoms with van der Waals surface area (Å²) in [4.78, 5) is 1.12. The van der Waals surface area contributed by atoms with Gasteiger partial charge < -0.3 is 5.11 Å². The fourth-order valence-corrected chi connectivity index (χ4v) is 2.70. The lowest BCUT2D eigenvalue weighted by molar-refractivity contribution is 0.0997. The lowest BCUT2D eigenvalue weighted by Gasteiger charge is -2.20. The highest BCUT2D eigenvalue weighted by Gasteiger charge is 2.19. The highest BCUT2D eigenvalue weighted by Crippen LogP contribution is 2.31. The summed E-state index contributed by atoms with van der Waals surface area (Å²) >= 11 is 1.66. The Kier molecular flexibility index (Phi) is 5.20. The number of rotatable bonds is 6. The molecule has 1 heterocycles. The van der Waals surface area contributed by atoms with E-state index in [1.807, 2.05) is 17.5 Å². The van der Waals surface area contributed by atoms with Crippen LogP contribution in [0.2, 0.25) is 0 Å². The van der Waals surface area contributed by atoms with E-state index in [1.54, 1.807) is 11.3 Å². The molecule has 1 unspecified atom stereocenters. The van der Waals surface area contributed by atoms with Crippen molar-refractivity contribution in [3.63, 3.8) is 0 Å². The van der Waals surface area contributed by atoms with Gasteiger partial charge in [0.05, 0.1) is 6.10 Å². The van der Waals surface area contributed by atoms with Crippen LogP contribution in [0.3, 0.4) is 0 Å². The minimum absolute atomic E-state index is 0.241. The van der Waals surface area contributed by atoms with Crippen LogP contribution in [0.15, 0.2) is 17.5 Å². The van der Waals surface area contributed by atoms with Crippen molar-refractivity contribution in [2.24, 2.45) is 5.92 Å². The van der Waals surface area contributed by atoms with Gasteiger partial charge in [0.1, 0.15) is 0 Å². The quantitative estimate of drug-likeness (QED) is 0.755. The van der Waals surface area contributed by atoms with Gasteiger partial charge in [-0.2, -0.15) is 0 Å². The summed E-state index contributed by atoms with van der Waals surface area (Å²) in [6.07, 6.45) is 4.34. The summed E-state index contributed by atoms with van der Waals surface area (Å²) in [5, 5.41) is 12.2. The Bertz CT molecular complexity index is 224. The molecule has 0 aliphatic heterocycles. The lowest BCUT2D eigenvalue weighted by Crippen LogP contribution is -2.11. The Morgan fingerprint density at radius 3 is 2.36 bits per heavy atom. The fourth-order valence-electron chi connectivity index (χ4n) is 1.89. The van der Waals surface area contributed by atoms with Crippen molar-refractivity contribution in [3.05, 3.63) is 22.4 Å². The molecule has 1 aromatic rings. The number of aliphatic hydroxyl groups is 1. The zero-order chi connectivity index (χ0) is 10.4. The minimum atomic E-state index is -0.241. The van der Waals surface area contributed by atoms with E-state index >= 15 is 0 Å². The van der Waals surface area contributed by atoms with Gasteiger partial charge in [0.15, 0.2) is 0 Å². The van der Waals surface area contributed by atoms with Gasteiger partial charge in [-0.05, 0) is 30.2 Å². The van der Waals surface area contributed by atoms with Gasteiger partial charge in [0.25, 0.3) is 0 Å². The van der Waals surface area contributed by atoms with Crippen molar-refractivity contribution in [1.82, 2.24) is 0 Å². The molecular formula is C12H20OS. The highest BCUT2D eigenvalue weighted by molar-refractivity contribution is 7.10. The normalized spacial score (nSPS) is 13.4. The fraction of sp³-hybridized carbons (Fsp3) is 0.667. The van der Waals surface area contributed by atoms with Crippen LogP contribution < -0.4 is 0 Å². The molecule has 0 radical (unpaired) electrons. The first kappa shape index (κ1) is 11.7. The van der Waals surface area contributed by atoms with Gasteiger partial charge in [-0.3, -0.25) is 0 Å². The molecule has 1 rings (SSSR count). The number of thiophene rings is 1. The monoisotopic (exact) mass is 212 g/mol. The predicted molar refractivity (Wildman–Crippen MR) is 62.6 cm³/mol. The van der Waals surface area contributed by atoms with Crippen molar-refractivity contribution >= 4 is 11.3 Å². The Hall–Kier alpha value is -0.340. The Labute approximate surface area is 90.8 Å². The van der Waals surface area contributed by atoms with Gasteiger partial charge in [-0.25, -0.2) is 0 Å². The van der Waals surface area contributed by atoms with Crippen LogP contribution in [0.25, 0.3) is 0 Å². The molecular weight excluding hydrogens is 192 g/mol. The topological polar surface area (TPSA) is 20.2 Å². The molecule has 1 atom stereocenters. The third kappa shape index (κ3) is 3.10. The van der Waals surface area contributed by atoms with E-state index in [-0.39, 0.29) is 6.10 Å². The van der Waals surface area contributed by atoms with E-state index in [9.17, 15) is 5.11 Å². The summed E-state index contributed by atoms with van der Waals surface area (Å²) < 4.78 is 0. The van der Waals surface area contributed by atoms with Gasteiger partial charge in [-0.1, -0.05) is 32.8 Å². The molecule has 0 spiro atoms. The number of hydrogen-bond acceptors (Lipinski definition) is 2. The second-order valence-electron chi connectivity index (χ2n) is 3.80. The molecule has 1 N–H and O–H groups in total. The van der Waals surface area contributed by atoms with Gasteiger partial charge in [0, 0.05) is 4.88 Å². The van der Waals surface area contributed by atoms with E-state index < -0.39 is 0 Å². The summed E-state index contributed by atoms with van der Waals surface area (Å²) in [7, 11) is 0. The molecule has 1 nitrogen and oxygen atoms in total. The molecule has 0 saturated carbocycles. The van der Waals surface area contributed by atoms with Crippen LogP contribution in [0.5, 0.6) is 0 Å². The standard InChI is InChI=1S/C12H20OS/c1-3-6-10(7-4-2)12(13)11-8-5-9-14-11/h5,8-10,12-13H,3-4,6-7H2,1-2H3. The van der Waals surface area contributed by atoms with Crippen molar-refractivity contribution in [2.45, 2.75) is 45.6 Å². The van der Waals surface area contributed by atoms with Crippen LogP contribution in [0.4, 0.5) is 0 Å². The molecule has 1 aromatic heterocycles. The molecule has 0 saturated heterocycles. The Balaban J connectivity index is 2.58. The molecule has 2 heteroatoms. The van der Waals surface area contributed by atoms with E-state index in [4.69, 9.17) is 0 Å². The molecule has 14 heavy (non-hydrogen) atoms. The first-order valence-electron chi connectivity index (χ1n) is 5.51. The average molecular weight is 212 g/mol. The summed E-state index contributed by atoms with van der Waals surface area (Å²) in [5.74, 6) is 0.448. The summed E-state index contributed by atoms with van der Waals surface area (Å²) in [5.41, 5.74) is 0. The highest BCUT2D eigenvalue weighted by atomic mass is 32.1. The summed E-state index contributed by atoms with van der Waals surface area (Å²) in [6, 6.07) is 4.05. The predicted octanol–water partition coefficient (Wildman–Crippen LogP) is 4.00. The first-order valence-corrected chi connectivity index (χ1v) is 6.39. The third-order valence-corrected chi connectivity index (χ3v) is 3.54. The van der Waals surface area contributed by atoms with E-state index in [0.29, 0.717) is 5.92 Å². The lowest BCUT2D eigenvalue weighted by atomic mass is 9.91. The number of aliphatic hydroxyl groups excluding tert-OH is 1. The van der Waals surface area contributed by atoms with Crippen LogP contribution >= 0.6 is 11.3 Å². The number of hydrogen-bond donors (Lipinski definition) is 1. The van der Waals surface area contributed by atoms with Gasteiger partial charge in [-0.15, -0.1) is 11.3 Å². The van der Waals surface area contributed by atoms with Crippen LogP contribution in [0.1, 0.15) is 50.5 Å². The summed E-state index contributed by atoms with van der Waals surface area (Å²) in [6.45, 7) is 4.37. The Morgan fingerprint density at radius 2 is 1.93 bits per heavy atom. The molecule has 0 aliphatic rings. The van der Waals surface area contributed by atoms with E-state index in [0.717, 1.165) is 30.6 Å². The van der Waals surface area contributed by atoms with E-state index in [2.05, 4.69) is 13.8 Å². The first-order chi connectivity index (χ1) is 6.79. The molecule has 0 aromatic carbocycles.